The van der Waals surface area contributed by atoms with Crippen LogP contribution in [0.25, 0.3) is 21.8 Å². The first kappa shape index (κ1) is 17.1. The summed E-state index contributed by atoms with van der Waals surface area (Å²) in [5.41, 5.74) is 2.22. The summed E-state index contributed by atoms with van der Waals surface area (Å²) in [6, 6.07) is 14.1. The fourth-order valence-corrected chi connectivity index (χ4v) is 3.42. The van der Waals surface area contributed by atoms with Gasteiger partial charge in [-0.3, -0.25) is 0 Å². The van der Waals surface area contributed by atoms with Crippen molar-refractivity contribution >= 4 is 27.5 Å². The van der Waals surface area contributed by atoms with Crippen molar-refractivity contribution in [3.8, 4) is 0 Å². The quantitative estimate of drug-likeness (QED) is 0.437. The summed E-state index contributed by atoms with van der Waals surface area (Å²) in [5.74, 6) is 0. The Hall–Kier alpha value is -2.29. The Morgan fingerprint density at radius 3 is 2.04 bits per heavy atom. The molecule has 1 aliphatic rings. The van der Waals surface area contributed by atoms with E-state index in [4.69, 9.17) is 4.74 Å². The summed E-state index contributed by atoms with van der Waals surface area (Å²) in [7, 11) is 0. The zero-order valence-corrected chi connectivity index (χ0v) is 13.9. The van der Waals surface area contributed by atoms with Crippen molar-refractivity contribution in [3.05, 3.63) is 48.5 Å². The molecule has 4 rings (SSSR count). The van der Waals surface area contributed by atoms with Crippen LogP contribution in [-0.4, -0.2) is 62.7 Å². The molecule has 26 heavy (non-hydrogen) atoms. The maximum atomic E-state index is 10.4. The number of hydrogen-bond donors (Lipinski definition) is 5. The number of aliphatic hydroxyl groups excluding tert-OH is 4. The minimum absolute atomic E-state index is 0.497. The summed E-state index contributed by atoms with van der Waals surface area (Å²) in [6.45, 7) is -0.497. The Labute approximate surface area is 149 Å². The molecule has 1 aromatic heterocycles. The highest BCUT2D eigenvalue weighted by atomic mass is 16.6. The van der Waals surface area contributed by atoms with Gasteiger partial charge < -0.3 is 30.5 Å². The molecule has 1 aliphatic heterocycles. The number of nitrogens with zero attached hydrogens (tertiary/aromatic N) is 1. The summed E-state index contributed by atoms with van der Waals surface area (Å²) >= 11 is 0. The number of fused-ring (bicyclic) bond motifs is 2. The molecule has 0 spiro atoms. The van der Waals surface area contributed by atoms with Crippen molar-refractivity contribution < 1.29 is 25.2 Å². The number of rotatable bonds is 3. The van der Waals surface area contributed by atoms with Crippen LogP contribution >= 0.6 is 0 Å². The first-order valence-corrected chi connectivity index (χ1v) is 8.44. The van der Waals surface area contributed by atoms with Crippen molar-refractivity contribution in [2.24, 2.45) is 0 Å². The van der Waals surface area contributed by atoms with Crippen LogP contribution in [0, 0.1) is 0 Å². The van der Waals surface area contributed by atoms with Crippen LogP contribution < -0.4 is 5.32 Å². The molecule has 136 valence electrons. The molecule has 0 unspecified atom stereocenters. The normalized spacial score (nSPS) is 29.2. The molecule has 1 fully saturated rings. The van der Waals surface area contributed by atoms with Crippen LogP contribution in [0.1, 0.15) is 0 Å². The molecule has 0 aliphatic carbocycles. The molecule has 1 saturated heterocycles. The number of nitrogens with one attached hydrogen (secondary N) is 1. The highest BCUT2D eigenvalue weighted by Crippen LogP contribution is 2.33. The first-order chi connectivity index (χ1) is 12.6. The lowest BCUT2D eigenvalue weighted by Crippen LogP contribution is -2.61. The van der Waals surface area contributed by atoms with Gasteiger partial charge in [0.15, 0.2) is 6.29 Å². The lowest BCUT2D eigenvalue weighted by Gasteiger charge is -2.41. The largest absolute Gasteiger partial charge is 0.394 e. The van der Waals surface area contributed by atoms with Gasteiger partial charge in [0, 0.05) is 10.8 Å². The Morgan fingerprint density at radius 2 is 1.46 bits per heavy atom. The summed E-state index contributed by atoms with van der Waals surface area (Å²) < 4.78 is 5.24. The van der Waals surface area contributed by atoms with Gasteiger partial charge in [-0.15, -0.1) is 0 Å². The number of ether oxygens (including phenoxy) is 1. The number of aromatic nitrogens is 1. The second kappa shape index (κ2) is 6.79. The van der Waals surface area contributed by atoms with Gasteiger partial charge in [-0.2, -0.15) is 0 Å². The topological polar surface area (TPSA) is 115 Å². The number of para-hydroxylation sites is 2. The Balaban J connectivity index is 1.81. The van der Waals surface area contributed by atoms with Gasteiger partial charge in [0.2, 0.25) is 0 Å². The minimum Gasteiger partial charge on any atom is -0.394 e. The second-order valence-electron chi connectivity index (χ2n) is 6.42. The Morgan fingerprint density at radius 1 is 0.885 bits per heavy atom. The zero-order chi connectivity index (χ0) is 18.3. The first-order valence-electron chi connectivity index (χ1n) is 8.44. The monoisotopic (exact) mass is 356 g/mol. The van der Waals surface area contributed by atoms with E-state index >= 15 is 0 Å². The Kier molecular flexibility index (Phi) is 4.47. The van der Waals surface area contributed by atoms with E-state index in [0.29, 0.717) is 5.69 Å². The molecular weight excluding hydrogens is 336 g/mol. The van der Waals surface area contributed by atoms with Gasteiger partial charge in [0.05, 0.1) is 23.3 Å². The second-order valence-corrected chi connectivity index (χ2v) is 6.42. The lowest BCUT2D eigenvalue weighted by atomic mass is 9.96. The van der Waals surface area contributed by atoms with E-state index in [0.717, 1.165) is 21.8 Å². The van der Waals surface area contributed by atoms with Crippen LogP contribution in [0.3, 0.4) is 0 Å². The SMILES string of the molecule is OC[C@@H]1O[C@H](O)[C@@H](Nc2c3ccccc3nc3ccccc23)[C@H](O)[C@@H]1O. The maximum Gasteiger partial charge on any atom is 0.178 e. The van der Waals surface area contributed by atoms with Crippen molar-refractivity contribution in [2.75, 3.05) is 11.9 Å². The van der Waals surface area contributed by atoms with Gasteiger partial charge in [-0.05, 0) is 12.1 Å². The van der Waals surface area contributed by atoms with Crippen LogP contribution in [0.4, 0.5) is 5.69 Å². The van der Waals surface area contributed by atoms with E-state index in [9.17, 15) is 20.4 Å². The molecule has 0 radical (unpaired) electrons. The lowest BCUT2D eigenvalue weighted by molar-refractivity contribution is -0.245. The number of benzene rings is 2. The molecule has 2 aromatic carbocycles. The van der Waals surface area contributed by atoms with Crippen molar-refractivity contribution in [1.29, 1.82) is 0 Å². The number of anilines is 1. The van der Waals surface area contributed by atoms with E-state index in [2.05, 4.69) is 10.3 Å². The van der Waals surface area contributed by atoms with E-state index in [1.807, 2.05) is 48.5 Å². The highest BCUT2D eigenvalue weighted by molar-refractivity contribution is 6.07. The zero-order valence-electron chi connectivity index (χ0n) is 13.9. The van der Waals surface area contributed by atoms with Crippen LogP contribution in [-0.2, 0) is 4.74 Å². The fourth-order valence-electron chi connectivity index (χ4n) is 3.42. The van der Waals surface area contributed by atoms with Gasteiger partial charge in [0.1, 0.15) is 24.4 Å². The molecule has 5 atom stereocenters. The third kappa shape index (κ3) is 2.80. The number of hydrogen-bond acceptors (Lipinski definition) is 7. The predicted molar refractivity (Wildman–Crippen MR) is 96.6 cm³/mol. The third-order valence-corrected chi connectivity index (χ3v) is 4.80. The van der Waals surface area contributed by atoms with E-state index in [1.54, 1.807) is 0 Å². The van der Waals surface area contributed by atoms with Gasteiger partial charge in [0.25, 0.3) is 0 Å². The van der Waals surface area contributed by atoms with Crippen LogP contribution in [0.2, 0.25) is 0 Å². The van der Waals surface area contributed by atoms with Crippen molar-refractivity contribution in [1.82, 2.24) is 4.98 Å². The smallest absolute Gasteiger partial charge is 0.178 e. The van der Waals surface area contributed by atoms with Crippen LogP contribution in [0.15, 0.2) is 48.5 Å². The number of aliphatic hydroxyl groups is 4. The number of pyridine rings is 1. The molecule has 7 nitrogen and oxygen atoms in total. The van der Waals surface area contributed by atoms with Gasteiger partial charge >= 0.3 is 0 Å². The molecule has 0 saturated carbocycles. The van der Waals surface area contributed by atoms with Gasteiger partial charge in [-0.25, -0.2) is 4.98 Å². The fraction of sp³-hybridized carbons (Fsp3) is 0.316. The van der Waals surface area contributed by atoms with E-state index in [1.165, 1.54) is 0 Å². The molecule has 3 aromatic rings. The third-order valence-electron chi connectivity index (χ3n) is 4.80. The molecule has 0 amide bonds. The maximum absolute atomic E-state index is 10.4. The van der Waals surface area contributed by atoms with Gasteiger partial charge in [-0.1, -0.05) is 36.4 Å². The van der Waals surface area contributed by atoms with E-state index in [-0.39, 0.29) is 0 Å². The van der Waals surface area contributed by atoms with Crippen LogP contribution in [0.5, 0.6) is 0 Å². The minimum atomic E-state index is -1.39. The standard InChI is InChI=1S/C19H20N2O5/c22-9-14-17(23)18(24)16(19(25)26-14)21-15-10-5-1-3-7-12(10)20-13-8-4-2-6-11(13)15/h1-8,14,16-19,22-25H,9H2,(H,20,21)/t14-,16-,17+,18-,19-/m0/s1. The van der Waals surface area contributed by atoms with E-state index < -0.39 is 37.3 Å². The summed E-state index contributed by atoms with van der Waals surface area (Å²) in [5, 5.41) is 44.9. The molecule has 5 N–H and O–H groups in total. The average Bonchev–Trinajstić information content (AvgIpc) is 2.67. The average molecular weight is 356 g/mol. The predicted octanol–water partition coefficient (Wildman–Crippen LogP) is 0.600. The van der Waals surface area contributed by atoms with Crippen molar-refractivity contribution in [3.63, 3.8) is 0 Å². The Bertz CT molecular complexity index is 880. The van der Waals surface area contributed by atoms with Crippen molar-refractivity contribution in [2.45, 2.75) is 30.6 Å². The summed E-state index contributed by atoms with van der Waals surface area (Å²) in [4.78, 5) is 4.63. The molecule has 2 heterocycles. The summed E-state index contributed by atoms with van der Waals surface area (Å²) in [6.07, 6.45) is -5.07. The molecule has 0 bridgehead atoms. The molecular formula is C19H20N2O5. The molecule has 7 heteroatoms. The highest BCUT2D eigenvalue weighted by Gasteiger charge is 2.43.